The molecule has 3 N–H and O–H groups in total. The number of hydrogen-bond acceptors (Lipinski definition) is 3. The van der Waals surface area contributed by atoms with Crippen LogP contribution in [0.25, 0.3) is 0 Å². The highest BCUT2D eigenvalue weighted by Crippen LogP contribution is 2.08. The van der Waals surface area contributed by atoms with E-state index in [2.05, 4.69) is 26.3 Å². The lowest BCUT2D eigenvalue weighted by atomic mass is 10.4. The first-order valence-corrected chi connectivity index (χ1v) is 3.84. The molecule has 5 nitrogen and oxygen atoms in total. The summed E-state index contributed by atoms with van der Waals surface area (Å²) in [5.41, 5.74) is 5.01. The van der Waals surface area contributed by atoms with E-state index in [1.165, 1.54) is 6.20 Å². The Labute approximate surface area is 76.9 Å². The minimum atomic E-state index is -1.14. The zero-order valence-corrected chi connectivity index (χ0v) is 7.50. The quantitative estimate of drug-likeness (QED) is 0.532. The molecule has 0 radical (unpaired) electrons. The van der Waals surface area contributed by atoms with Crippen molar-refractivity contribution in [3.05, 3.63) is 22.9 Å². The van der Waals surface area contributed by atoms with Gasteiger partial charge in [-0.2, -0.15) is 0 Å². The van der Waals surface area contributed by atoms with Gasteiger partial charge in [0.2, 0.25) is 0 Å². The van der Waals surface area contributed by atoms with E-state index >= 15 is 0 Å². The van der Waals surface area contributed by atoms with Crippen LogP contribution in [-0.4, -0.2) is 16.2 Å². The predicted molar refractivity (Wildman–Crippen MR) is 46.7 cm³/mol. The highest BCUT2D eigenvalue weighted by Gasteiger charge is 1.94. The van der Waals surface area contributed by atoms with Crippen LogP contribution in [0.4, 0.5) is 10.5 Å². The number of rotatable bonds is 2. The summed E-state index contributed by atoms with van der Waals surface area (Å²) in [6, 6.07) is 3.39. The third kappa shape index (κ3) is 2.75. The van der Waals surface area contributed by atoms with Gasteiger partial charge < -0.3 is 5.11 Å². The topological polar surface area (TPSA) is 74.2 Å². The van der Waals surface area contributed by atoms with Crippen LogP contribution in [0.5, 0.6) is 0 Å². The lowest BCUT2D eigenvalue weighted by molar-refractivity contribution is 0.197. The molecule has 6 heteroatoms. The number of nitrogens with zero attached hydrogens (tertiary/aromatic N) is 1. The fraction of sp³-hybridized carbons (Fsp3) is 0. The Hall–Kier alpha value is -1.30. The minimum Gasteiger partial charge on any atom is -0.464 e. The summed E-state index contributed by atoms with van der Waals surface area (Å²) in [7, 11) is 0. The number of nitrogens with one attached hydrogen (secondary N) is 2. The van der Waals surface area contributed by atoms with Crippen molar-refractivity contribution >= 4 is 27.7 Å². The molecule has 1 aromatic rings. The Bertz CT molecular complexity index is 275. The van der Waals surface area contributed by atoms with Crippen molar-refractivity contribution in [2.45, 2.75) is 0 Å². The van der Waals surface area contributed by atoms with Gasteiger partial charge in [-0.15, -0.1) is 0 Å². The number of carbonyl (C=O) groups is 1. The Morgan fingerprint density at radius 1 is 1.58 bits per heavy atom. The van der Waals surface area contributed by atoms with Crippen LogP contribution < -0.4 is 10.9 Å². The molecule has 1 amide bonds. The molecule has 1 rings (SSSR count). The third-order valence-corrected chi connectivity index (χ3v) is 1.51. The fourth-order valence-electron chi connectivity index (χ4n) is 0.575. The maximum Gasteiger partial charge on any atom is 0.423 e. The van der Waals surface area contributed by atoms with Crippen molar-refractivity contribution in [3.63, 3.8) is 0 Å². The Kier molecular flexibility index (Phi) is 2.87. The monoisotopic (exact) mass is 231 g/mol. The number of hydrazine groups is 1. The first-order valence-electron chi connectivity index (χ1n) is 3.05. The highest BCUT2D eigenvalue weighted by atomic mass is 79.9. The second kappa shape index (κ2) is 3.91. The molecule has 0 aromatic carbocycles. The SMILES string of the molecule is O=C(O)NNc1ccc(Br)nc1. The van der Waals surface area contributed by atoms with Crippen molar-refractivity contribution < 1.29 is 9.90 Å². The fourth-order valence-corrected chi connectivity index (χ4v) is 0.810. The molecular weight excluding hydrogens is 226 g/mol. The lowest BCUT2D eigenvalue weighted by Gasteiger charge is -2.03. The molecule has 0 fully saturated rings. The molecule has 0 saturated carbocycles. The molecule has 0 unspecified atom stereocenters. The Morgan fingerprint density at radius 3 is 2.83 bits per heavy atom. The standard InChI is InChI=1S/C6H6BrN3O2/c7-5-2-1-4(3-8-5)9-10-6(11)12/h1-3,9-10H,(H,11,12). The number of amides is 1. The molecule has 0 saturated heterocycles. The second-order valence-corrected chi connectivity index (χ2v) is 2.74. The second-order valence-electron chi connectivity index (χ2n) is 1.92. The maximum atomic E-state index is 10.0. The van der Waals surface area contributed by atoms with Crippen LogP contribution in [0.2, 0.25) is 0 Å². The molecule has 1 heterocycles. The van der Waals surface area contributed by atoms with Crippen LogP contribution in [0, 0.1) is 0 Å². The van der Waals surface area contributed by atoms with Crippen LogP contribution in [0.15, 0.2) is 22.9 Å². The molecule has 0 atom stereocenters. The van der Waals surface area contributed by atoms with E-state index in [-0.39, 0.29) is 0 Å². The third-order valence-electron chi connectivity index (χ3n) is 1.04. The van der Waals surface area contributed by atoms with Crippen LogP contribution in [0.1, 0.15) is 0 Å². The molecule has 64 valence electrons. The van der Waals surface area contributed by atoms with E-state index in [4.69, 9.17) is 5.11 Å². The molecule has 0 aliphatic carbocycles. The van der Waals surface area contributed by atoms with Crippen LogP contribution in [0.3, 0.4) is 0 Å². The largest absolute Gasteiger partial charge is 0.464 e. The van der Waals surface area contributed by atoms with Gasteiger partial charge >= 0.3 is 6.09 Å². The van der Waals surface area contributed by atoms with Gasteiger partial charge in [-0.25, -0.2) is 15.2 Å². The van der Waals surface area contributed by atoms with Crippen molar-refractivity contribution in [3.8, 4) is 0 Å². The highest BCUT2D eigenvalue weighted by molar-refractivity contribution is 9.10. The van der Waals surface area contributed by atoms with Crippen molar-refractivity contribution in [2.75, 3.05) is 5.43 Å². The van der Waals surface area contributed by atoms with Gasteiger partial charge in [0, 0.05) is 0 Å². The lowest BCUT2D eigenvalue weighted by Crippen LogP contribution is -2.27. The molecule has 0 aliphatic rings. The van der Waals surface area contributed by atoms with Crippen LogP contribution in [-0.2, 0) is 0 Å². The van der Waals surface area contributed by atoms with Gasteiger partial charge in [0.25, 0.3) is 0 Å². The van der Waals surface area contributed by atoms with Gasteiger partial charge in [0.05, 0.1) is 11.9 Å². The number of pyridine rings is 1. The molecule has 0 spiro atoms. The van der Waals surface area contributed by atoms with E-state index in [0.717, 1.165) is 0 Å². The van der Waals surface area contributed by atoms with Crippen molar-refractivity contribution in [1.29, 1.82) is 0 Å². The number of carboxylic acid groups (broad SMARTS) is 1. The molecule has 0 aliphatic heterocycles. The van der Waals surface area contributed by atoms with Crippen molar-refractivity contribution in [1.82, 2.24) is 10.4 Å². The first-order chi connectivity index (χ1) is 5.68. The zero-order chi connectivity index (χ0) is 8.97. The summed E-state index contributed by atoms with van der Waals surface area (Å²) in [5.74, 6) is 0. The minimum absolute atomic E-state index is 0.584. The summed E-state index contributed by atoms with van der Waals surface area (Å²) >= 11 is 3.15. The molecular formula is C6H6BrN3O2. The van der Waals surface area contributed by atoms with Crippen molar-refractivity contribution in [2.24, 2.45) is 0 Å². The number of halogens is 1. The average molecular weight is 232 g/mol. The van der Waals surface area contributed by atoms with Gasteiger partial charge in [0.15, 0.2) is 0 Å². The van der Waals surface area contributed by atoms with E-state index in [9.17, 15) is 4.79 Å². The summed E-state index contributed by atoms with van der Waals surface area (Å²) in [4.78, 5) is 13.9. The van der Waals surface area contributed by atoms with E-state index < -0.39 is 6.09 Å². The zero-order valence-electron chi connectivity index (χ0n) is 5.91. The van der Waals surface area contributed by atoms with E-state index in [1.807, 2.05) is 5.43 Å². The molecule has 0 bridgehead atoms. The molecule has 12 heavy (non-hydrogen) atoms. The Morgan fingerprint density at radius 2 is 2.33 bits per heavy atom. The smallest absolute Gasteiger partial charge is 0.423 e. The average Bonchev–Trinajstić information content (AvgIpc) is 2.03. The summed E-state index contributed by atoms with van der Waals surface area (Å²) in [5, 5.41) is 8.23. The summed E-state index contributed by atoms with van der Waals surface area (Å²) in [6.45, 7) is 0. The van der Waals surface area contributed by atoms with Gasteiger partial charge in [-0.1, -0.05) is 0 Å². The number of hydrogen-bond donors (Lipinski definition) is 3. The first kappa shape index (κ1) is 8.79. The van der Waals surface area contributed by atoms with E-state index in [0.29, 0.717) is 10.3 Å². The maximum absolute atomic E-state index is 10.0. The predicted octanol–water partition coefficient (Wildman–Crippen LogP) is 1.44. The number of aromatic nitrogens is 1. The molecule has 1 aromatic heterocycles. The Balaban J connectivity index is 2.53. The van der Waals surface area contributed by atoms with Gasteiger partial charge in [-0.3, -0.25) is 5.43 Å². The summed E-state index contributed by atoms with van der Waals surface area (Å²) in [6.07, 6.45) is 0.359. The van der Waals surface area contributed by atoms with E-state index in [1.54, 1.807) is 12.1 Å². The summed E-state index contributed by atoms with van der Waals surface area (Å²) < 4.78 is 0.698. The number of anilines is 1. The van der Waals surface area contributed by atoms with Crippen LogP contribution >= 0.6 is 15.9 Å². The normalized spacial score (nSPS) is 9.08. The van der Waals surface area contributed by atoms with Gasteiger partial charge in [0.1, 0.15) is 4.60 Å². The van der Waals surface area contributed by atoms with Gasteiger partial charge in [-0.05, 0) is 28.1 Å².